The third-order valence-electron chi connectivity index (χ3n) is 4.21. The number of aromatic nitrogens is 4. The summed E-state index contributed by atoms with van der Waals surface area (Å²) in [6.45, 7) is 3.79. The molecule has 2 aromatic rings. The van der Waals surface area contributed by atoms with Gasteiger partial charge in [0.15, 0.2) is 11.6 Å². The first kappa shape index (κ1) is 13.4. The Labute approximate surface area is 127 Å². The lowest BCUT2D eigenvalue weighted by atomic mass is 10.3. The van der Waals surface area contributed by atoms with Gasteiger partial charge in [0.25, 0.3) is 5.91 Å². The van der Waals surface area contributed by atoms with Crippen LogP contribution in [0.3, 0.4) is 0 Å². The predicted molar refractivity (Wildman–Crippen MR) is 76.0 cm³/mol. The van der Waals surface area contributed by atoms with Crippen molar-refractivity contribution in [3.05, 3.63) is 30.0 Å². The molecule has 1 aliphatic carbocycles. The van der Waals surface area contributed by atoms with Crippen LogP contribution in [0.2, 0.25) is 0 Å². The molecule has 0 spiro atoms. The summed E-state index contributed by atoms with van der Waals surface area (Å²) in [5.41, 5.74) is 0. The molecule has 116 valence electrons. The van der Waals surface area contributed by atoms with Crippen LogP contribution in [-0.2, 0) is 6.54 Å². The average molecular weight is 302 g/mol. The number of carbonyl (C=O) groups is 1. The highest BCUT2D eigenvalue weighted by Crippen LogP contribution is 2.34. The lowest BCUT2D eigenvalue weighted by Crippen LogP contribution is -2.48. The number of carbonyl (C=O) groups excluding carboxylic acids is 1. The van der Waals surface area contributed by atoms with E-state index in [2.05, 4.69) is 20.4 Å². The van der Waals surface area contributed by atoms with Gasteiger partial charge in [-0.25, -0.2) is 4.68 Å². The standard InChI is InChI=1S/C14H18N6O2/c21-14(12-2-1-9-22-12)19-7-5-18(6-8-19)10-13-15-16-17-20(13)11-3-4-11/h1-2,9,11H,3-8,10H2. The van der Waals surface area contributed by atoms with Crippen molar-refractivity contribution < 1.29 is 9.21 Å². The van der Waals surface area contributed by atoms with Crippen LogP contribution >= 0.6 is 0 Å². The van der Waals surface area contributed by atoms with Crippen molar-refractivity contribution in [3.63, 3.8) is 0 Å². The van der Waals surface area contributed by atoms with Crippen LogP contribution in [0.1, 0.15) is 35.3 Å². The number of hydrogen-bond acceptors (Lipinski definition) is 6. The summed E-state index contributed by atoms with van der Waals surface area (Å²) in [7, 11) is 0. The molecule has 2 fully saturated rings. The van der Waals surface area contributed by atoms with Crippen molar-refractivity contribution in [2.45, 2.75) is 25.4 Å². The second-order valence-corrected chi connectivity index (χ2v) is 5.82. The van der Waals surface area contributed by atoms with E-state index < -0.39 is 0 Å². The average Bonchev–Trinajstić information content (AvgIpc) is 3.05. The number of piperazine rings is 1. The molecule has 0 atom stereocenters. The van der Waals surface area contributed by atoms with Gasteiger partial charge in [0.1, 0.15) is 0 Å². The number of tetrazole rings is 1. The Balaban J connectivity index is 1.34. The first-order chi connectivity index (χ1) is 10.8. The summed E-state index contributed by atoms with van der Waals surface area (Å²) in [6, 6.07) is 3.94. The van der Waals surface area contributed by atoms with Crippen LogP contribution in [0.4, 0.5) is 0 Å². The quantitative estimate of drug-likeness (QED) is 0.821. The van der Waals surface area contributed by atoms with E-state index in [4.69, 9.17) is 4.42 Å². The van der Waals surface area contributed by atoms with Crippen LogP contribution in [0.5, 0.6) is 0 Å². The van der Waals surface area contributed by atoms with Crippen LogP contribution in [0.25, 0.3) is 0 Å². The lowest BCUT2D eigenvalue weighted by molar-refractivity contribution is 0.0593. The molecule has 0 radical (unpaired) electrons. The number of furan rings is 1. The summed E-state index contributed by atoms with van der Waals surface area (Å²) in [5, 5.41) is 12.0. The largest absolute Gasteiger partial charge is 0.459 e. The van der Waals surface area contributed by atoms with Gasteiger partial charge >= 0.3 is 0 Å². The van der Waals surface area contributed by atoms with Gasteiger partial charge in [-0.1, -0.05) is 0 Å². The monoisotopic (exact) mass is 302 g/mol. The maximum absolute atomic E-state index is 12.2. The number of amides is 1. The lowest BCUT2D eigenvalue weighted by Gasteiger charge is -2.33. The highest BCUT2D eigenvalue weighted by molar-refractivity contribution is 5.91. The molecule has 0 N–H and O–H groups in total. The van der Waals surface area contributed by atoms with Crippen LogP contribution < -0.4 is 0 Å². The van der Waals surface area contributed by atoms with Crippen molar-refractivity contribution >= 4 is 5.91 Å². The van der Waals surface area contributed by atoms with Gasteiger partial charge in [-0.3, -0.25) is 9.69 Å². The molecular weight excluding hydrogens is 284 g/mol. The molecule has 1 saturated carbocycles. The van der Waals surface area contributed by atoms with E-state index in [0.717, 1.165) is 25.5 Å². The second-order valence-electron chi connectivity index (χ2n) is 5.82. The van der Waals surface area contributed by atoms with E-state index >= 15 is 0 Å². The number of hydrogen-bond donors (Lipinski definition) is 0. The van der Waals surface area contributed by atoms with Crippen molar-refractivity contribution in [2.24, 2.45) is 0 Å². The fourth-order valence-corrected chi connectivity index (χ4v) is 2.78. The first-order valence-corrected chi connectivity index (χ1v) is 7.63. The molecule has 3 heterocycles. The molecular formula is C14H18N6O2. The minimum Gasteiger partial charge on any atom is -0.459 e. The second kappa shape index (κ2) is 5.53. The molecule has 1 amide bonds. The topological polar surface area (TPSA) is 80.3 Å². The molecule has 8 nitrogen and oxygen atoms in total. The van der Waals surface area contributed by atoms with Crippen molar-refractivity contribution in [2.75, 3.05) is 26.2 Å². The molecule has 4 rings (SSSR count). The smallest absolute Gasteiger partial charge is 0.289 e. The summed E-state index contributed by atoms with van der Waals surface area (Å²) in [4.78, 5) is 16.3. The highest BCUT2D eigenvalue weighted by Gasteiger charge is 2.29. The Morgan fingerprint density at radius 1 is 1.27 bits per heavy atom. The summed E-state index contributed by atoms with van der Waals surface area (Å²) in [6.07, 6.45) is 3.87. The Morgan fingerprint density at radius 3 is 2.77 bits per heavy atom. The van der Waals surface area contributed by atoms with E-state index in [1.807, 2.05) is 9.58 Å². The summed E-state index contributed by atoms with van der Waals surface area (Å²) < 4.78 is 7.12. The molecule has 2 aliphatic rings. The van der Waals surface area contributed by atoms with Gasteiger partial charge in [-0.15, -0.1) is 5.10 Å². The van der Waals surface area contributed by atoms with E-state index in [-0.39, 0.29) is 5.91 Å². The molecule has 8 heteroatoms. The minimum atomic E-state index is -0.0348. The van der Waals surface area contributed by atoms with E-state index in [0.29, 0.717) is 24.9 Å². The van der Waals surface area contributed by atoms with Crippen LogP contribution in [-0.4, -0.2) is 62.1 Å². The Bertz CT molecular complexity index is 640. The zero-order valence-corrected chi connectivity index (χ0v) is 12.3. The van der Waals surface area contributed by atoms with Crippen LogP contribution in [0.15, 0.2) is 22.8 Å². The third-order valence-corrected chi connectivity index (χ3v) is 4.21. The zero-order chi connectivity index (χ0) is 14.9. The van der Waals surface area contributed by atoms with Gasteiger partial charge in [0.05, 0.1) is 18.8 Å². The Morgan fingerprint density at radius 2 is 2.09 bits per heavy atom. The van der Waals surface area contributed by atoms with Gasteiger partial charge in [0, 0.05) is 26.2 Å². The maximum atomic E-state index is 12.2. The molecule has 1 saturated heterocycles. The fraction of sp³-hybridized carbons (Fsp3) is 0.571. The van der Waals surface area contributed by atoms with E-state index in [1.54, 1.807) is 12.1 Å². The van der Waals surface area contributed by atoms with Crippen molar-refractivity contribution in [1.82, 2.24) is 30.0 Å². The highest BCUT2D eigenvalue weighted by atomic mass is 16.3. The van der Waals surface area contributed by atoms with E-state index in [1.165, 1.54) is 19.1 Å². The minimum absolute atomic E-state index is 0.0348. The molecule has 0 unspecified atom stereocenters. The Hall–Kier alpha value is -2.22. The molecule has 0 bridgehead atoms. The normalized spacial score (nSPS) is 19.5. The van der Waals surface area contributed by atoms with Gasteiger partial charge in [0.2, 0.25) is 0 Å². The van der Waals surface area contributed by atoms with Gasteiger partial charge in [-0.2, -0.15) is 0 Å². The maximum Gasteiger partial charge on any atom is 0.289 e. The predicted octanol–water partition coefficient (Wildman–Crippen LogP) is 0.559. The summed E-state index contributed by atoms with van der Waals surface area (Å²) in [5.74, 6) is 1.30. The van der Waals surface area contributed by atoms with Crippen molar-refractivity contribution in [1.29, 1.82) is 0 Å². The Kier molecular flexibility index (Phi) is 3.38. The number of rotatable bonds is 4. The van der Waals surface area contributed by atoms with Crippen LogP contribution in [0, 0.1) is 0 Å². The third kappa shape index (κ3) is 2.61. The molecule has 1 aliphatic heterocycles. The zero-order valence-electron chi connectivity index (χ0n) is 12.3. The van der Waals surface area contributed by atoms with Crippen molar-refractivity contribution in [3.8, 4) is 0 Å². The number of nitrogens with zero attached hydrogens (tertiary/aromatic N) is 6. The molecule has 2 aromatic heterocycles. The van der Waals surface area contributed by atoms with Gasteiger partial charge < -0.3 is 9.32 Å². The van der Waals surface area contributed by atoms with Gasteiger partial charge in [-0.05, 0) is 35.4 Å². The first-order valence-electron chi connectivity index (χ1n) is 7.63. The van der Waals surface area contributed by atoms with E-state index in [9.17, 15) is 4.79 Å². The SMILES string of the molecule is O=C(c1ccco1)N1CCN(Cc2nnnn2C2CC2)CC1. The molecule has 22 heavy (non-hydrogen) atoms. The summed E-state index contributed by atoms with van der Waals surface area (Å²) >= 11 is 0. The fourth-order valence-electron chi connectivity index (χ4n) is 2.78. The molecule has 0 aromatic carbocycles.